The Balaban J connectivity index is 2.14. The number of rotatable bonds is 2. The van der Waals surface area contributed by atoms with Crippen molar-refractivity contribution < 1.29 is 0 Å². The van der Waals surface area contributed by atoms with Gasteiger partial charge in [0.05, 0.1) is 0 Å². The van der Waals surface area contributed by atoms with Crippen LogP contribution in [0.3, 0.4) is 0 Å². The molecule has 1 aliphatic rings. The van der Waals surface area contributed by atoms with Gasteiger partial charge in [-0.3, -0.25) is 3.11 Å². The van der Waals surface area contributed by atoms with Crippen molar-refractivity contribution in [2.75, 3.05) is 13.1 Å². The van der Waals surface area contributed by atoms with Gasteiger partial charge in [-0.1, -0.05) is 6.58 Å². The van der Waals surface area contributed by atoms with Crippen molar-refractivity contribution in [3.8, 4) is 0 Å². The molecule has 8 heavy (non-hydrogen) atoms. The maximum atomic E-state index is 3.73. The highest BCUT2D eigenvalue weighted by atomic mass is 127. The Hall–Kier alpha value is 0.430. The second-order valence-electron chi connectivity index (χ2n) is 1.87. The van der Waals surface area contributed by atoms with E-state index in [1.54, 1.807) is 0 Å². The molecule has 0 aromatic heterocycles. The predicted octanol–water partition coefficient (Wildman–Crippen LogP) is 2.11. The second kappa shape index (κ2) is 3.45. The van der Waals surface area contributed by atoms with E-state index >= 15 is 0 Å². The highest BCUT2D eigenvalue weighted by Crippen LogP contribution is 2.24. The van der Waals surface area contributed by atoms with Gasteiger partial charge in [-0.05, 0) is 38.4 Å². The molecular weight excluding hydrogens is 213 g/mol. The summed E-state index contributed by atoms with van der Waals surface area (Å²) in [5, 5.41) is 0. The Kier molecular flexibility index (Phi) is 2.83. The first kappa shape index (κ1) is 6.55. The van der Waals surface area contributed by atoms with Crippen molar-refractivity contribution in [2.24, 2.45) is 0 Å². The van der Waals surface area contributed by atoms with Crippen molar-refractivity contribution in [1.82, 2.24) is 3.11 Å². The Morgan fingerprint density at radius 1 is 1.38 bits per heavy atom. The molecule has 1 heterocycles. The summed E-state index contributed by atoms with van der Waals surface area (Å²) in [5.74, 6) is 0. The zero-order valence-electron chi connectivity index (χ0n) is 4.94. The molecule has 0 N–H and O–H groups in total. The van der Waals surface area contributed by atoms with Gasteiger partial charge in [0.15, 0.2) is 0 Å². The van der Waals surface area contributed by atoms with Crippen LogP contribution >= 0.6 is 21.5 Å². The molecule has 1 aliphatic heterocycles. The van der Waals surface area contributed by atoms with Crippen LogP contribution in [0.25, 0.3) is 0 Å². The van der Waals surface area contributed by atoms with Crippen molar-refractivity contribution in [3.63, 3.8) is 0 Å². The Morgan fingerprint density at radius 3 is 2.50 bits per heavy atom. The largest absolute Gasteiger partial charge is 0.253 e. The van der Waals surface area contributed by atoms with E-state index in [0.29, 0.717) is 0 Å². The van der Waals surface area contributed by atoms with Crippen molar-refractivity contribution >= 4 is 21.5 Å². The molecule has 1 rings (SSSR count). The molecule has 0 aromatic carbocycles. The van der Waals surface area contributed by atoms with Crippen LogP contribution in [-0.2, 0) is 0 Å². The number of nitrogens with zero attached hydrogens (tertiary/aromatic N) is 1. The van der Waals surface area contributed by atoms with E-state index in [0.717, 1.165) is 0 Å². The highest BCUT2D eigenvalue weighted by Gasteiger charge is 2.08. The van der Waals surface area contributed by atoms with Gasteiger partial charge in [0.25, 0.3) is 0 Å². The third kappa shape index (κ3) is 1.74. The van der Waals surface area contributed by atoms with Crippen LogP contribution in [0.4, 0.5) is 0 Å². The van der Waals surface area contributed by atoms with Crippen LogP contribution in [0, 0.1) is 0 Å². The molecule has 1 radical (unpaired) electrons. The van der Waals surface area contributed by atoms with Crippen molar-refractivity contribution in [1.29, 1.82) is 0 Å². The van der Waals surface area contributed by atoms with Gasteiger partial charge < -0.3 is 0 Å². The highest BCUT2D eigenvalue weighted by molar-refractivity contribution is 14.2. The van der Waals surface area contributed by atoms with Crippen LogP contribution in [0.2, 0.25) is 0 Å². The van der Waals surface area contributed by atoms with Crippen LogP contribution in [0.5, 0.6) is 0 Å². The lowest BCUT2D eigenvalue weighted by Crippen LogP contribution is -2.04. The molecule has 47 valence electrons. The number of hydrogen-bond donors (Lipinski definition) is 0. The van der Waals surface area contributed by atoms with Gasteiger partial charge in [-0.2, -0.15) is 0 Å². The molecule has 0 bridgehead atoms. The summed E-state index contributed by atoms with van der Waals surface area (Å²) in [6.07, 6.45) is 2.82. The molecule has 0 aliphatic carbocycles. The van der Waals surface area contributed by atoms with E-state index in [1.165, 1.54) is 25.9 Å². The van der Waals surface area contributed by atoms with Gasteiger partial charge in [-0.15, -0.1) is 0 Å². The van der Waals surface area contributed by atoms with Gasteiger partial charge >= 0.3 is 0 Å². The van der Waals surface area contributed by atoms with Crippen LogP contribution in [0.15, 0.2) is 10.7 Å². The van der Waals surface area contributed by atoms with Crippen LogP contribution < -0.4 is 0 Å². The number of halogens is 1. The Bertz CT molecular complexity index is 76.6. The summed E-state index contributed by atoms with van der Waals surface area (Å²) in [4.78, 5) is 0. The molecule has 0 aromatic rings. The lowest BCUT2D eigenvalue weighted by Gasteiger charge is -2.07. The van der Waals surface area contributed by atoms with E-state index < -0.39 is 0 Å². The molecule has 1 nitrogen and oxygen atoms in total. The molecular formula is C6H11IN. The Labute approximate surface area is 61.4 Å². The molecule has 1 fully saturated rings. The first-order chi connectivity index (χ1) is 3.93. The first-order valence-corrected chi connectivity index (χ1v) is 5.14. The normalized spacial score (nSPS) is 21.5. The van der Waals surface area contributed by atoms with E-state index in [9.17, 15) is 0 Å². The third-order valence-electron chi connectivity index (χ3n) is 1.26. The van der Waals surface area contributed by atoms with Crippen molar-refractivity contribution in [3.05, 3.63) is 10.7 Å². The van der Waals surface area contributed by atoms with E-state index in [2.05, 4.69) is 13.8 Å². The lowest BCUT2D eigenvalue weighted by molar-refractivity contribution is 0.634. The van der Waals surface area contributed by atoms with Crippen LogP contribution in [-0.4, -0.2) is 16.2 Å². The molecule has 0 amide bonds. The smallest absolute Gasteiger partial charge is 0.00774 e. The summed E-state index contributed by atoms with van der Waals surface area (Å²) < 4.78 is 4.62. The van der Waals surface area contributed by atoms with Gasteiger partial charge in [-0.25, -0.2) is 0 Å². The number of hydrogen-bond acceptors (Lipinski definition) is 1. The lowest BCUT2D eigenvalue weighted by atomic mass is 10.4. The maximum Gasteiger partial charge on any atom is 0.00774 e. The van der Waals surface area contributed by atoms with E-state index in [-0.39, 0.29) is 21.5 Å². The molecule has 2 heteroatoms. The zero-order valence-corrected chi connectivity index (χ0v) is 7.10. The molecule has 0 saturated carbocycles. The first-order valence-electron chi connectivity index (χ1n) is 2.93. The minimum absolute atomic E-state index is 0.222. The average molecular weight is 224 g/mol. The summed E-state index contributed by atoms with van der Waals surface area (Å²) in [7, 11) is 0. The fourth-order valence-electron chi connectivity index (χ4n) is 0.874. The van der Waals surface area contributed by atoms with Gasteiger partial charge in [0.1, 0.15) is 0 Å². The minimum Gasteiger partial charge on any atom is -0.253 e. The summed E-state index contributed by atoms with van der Waals surface area (Å²) in [6.45, 7) is 6.40. The third-order valence-corrected chi connectivity index (χ3v) is 3.41. The van der Waals surface area contributed by atoms with Crippen molar-refractivity contribution in [2.45, 2.75) is 12.8 Å². The van der Waals surface area contributed by atoms with E-state index in [4.69, 9.17) is 0 Å². The Morgan fingerprint density at radius 2 is 2.00 bits per heavy atom. The van der Waals surface area contributed by atoms with Gasteiger partial charge in [0.2, 0.25) is 0 Å². The molecule has 0 atom stereocenters. The standard InChI is InChI=1S/C6H11IN/c1-2-7-8-5-3-4-6-8/h2H,1,3-6H2. The summed E-state index contributed by atoms with van der Waals surface area (Å²) in [6, 6.07) is 0. The fourth-order valence-corrected chi connectivity index (χ4v) is 2.67. The molecule has 0 unspecified atom stereocenters. The molecule has 1 saturated heterocycles. The topological polar surface area (TPSA) is 3.24 Å². The zero-order chi connectivity index (χ0) is 5.82. The second-order valence-corrected chi connectivity index (χ2v) is 4.67. The van der Waals surface area contributed by atoms with Gasteiger partial charge in [0, 0.05) is 13.1 Å². The SMILES string of the molecule is C=C[I]N1CCCC1. The average Bonchev–Trinajstić information content (AvgIpc) is 2.19. The monoisotopic (exact) mass is 224 g/mol. The quantitative estimate of drug-likeness (QED) is 0.513. The molecule has 0 spiro atoms. The summed E-state index contributed by atoms with van der Waals surface area (Å²) >= 11 is 0.222. The van der Waals surface area contributed by atoms with Crippen LogP contribution in [0.1, 0.15) is 12.8 Å². The summed E-state index contributed by atoms with van der Waals surface area (Å²) in [5.41, 5.74) is 0. The predicted molar refractivity (Wildman–Crippen MR) is 45.0 cm³/mol. The van der Waals surface area contributed by atoms with E-state index in [1.807, 2.05) is 0 Å². The minimum atomic E-state index is 0.222. The maximum absolute atomic E-state index is 3.73. The fraction of sp³-hybridized carbons (Fsp3) is 0.667.